The molecule has 6 aromatic rings. The number of esters is 1. The molecule has 2 aromatic heterocycles. The highest BCUT2D eigenvalue weighted by Crippen LogP contribution is 2.40. The molecule has 4 heterocycles. The van der Waals surface area contributed by atoms with Crippen LogP contribution in [0.2, 0.25) is 0 Å². The smallest absolute Gasteiger partial charge is 0.387 e. The number of hydrogen-bond acceptors (Lipinski definition) is 10. The number of likely N-dealkylation sites (tertiary alicyclic amines) is 1. The highest BCUT2D eigenvalue weighted by molar-refractivity contribution is 5.85. The number of nitrogens with one attached hydrogen (secondary N) is 1. The van der Waals surface area contributed by atoms with E-state index in [9.17, 15) is 22.4 Å². The highest BCUT2D eigenvalue weighted by Gasteiger charge is 2.29. The van der Waals surface area contributed by atoms with Crippen molar-refractivity contribution in [3.63, 3.8) is 0 Å². The Morgan fingerprint density at radius 1 is 0.821 bits per heavy atom. The van der Waals surface area contributed by atoms with Gasteiger partial charge < -0.3 is 28.4 Å². The molecular weight excluding hydrogens is 732 g/mol. The summed E-state index contributed by atoms with van der Waals surface area (Å²) >= 11 is 0. The minimum absolute atomic E-state index is 0.0726. The number of carbonyl (C=O) groups is 1. The van der Waals surface area contributed by atoms with E-state index in [-0.39, 0.29) is 35.1 Å². The standard InChI is InChI=1S/C42H40F4N4O6/c1-4-26-13-15-50(26)20-24-16-32-36(18-34(24)55-41(43)44)53-38(48-32)29-10-5-8-27(22(29)2)28-9-6-11-30(23(28)3)39-49-33-17-25(21-52-40(51)31-12-7-14-47-31)35(56-42(45)46)19-37(33)54-39/h5-6,8-11,16-19,26,31,41-42,47H,4,7,12-15,20-21H2,1-3H3/t26?,31-/m0/s1. The Kier molecular flexibility index (Phi) is 10.4. The summed E-state index contributed by atoms with van der Waals surface area (Å²) in [7, 11) is 0. The van der Waals surface area contributed by atoms with Crippen LogP contribution in [0.4, 0.5) is 17.6 Å². The Morgan fingerprint density at radius 2 is 1.38 bits per heavy atom. The van der Waals surface area contributed by atoms with Crippen LogP contribution in [-0.2, 0) is 22.7 Å². The van der Waals surface area contributed by atoms with Gasteiger partial charge >= 0.3 is 19.2 Å². The van der Waals surface area contributed by atoms with Gasteiger partial charge in [0.05, 0.1) is 0 Å². The Bertz CT molecular complexity index is 2400. The zero-order valence-electron chi connectivity index (χ0n) is 31.0. The molecule has 1 N–H and O–H groups in total. The van der Waals surface area contributed by atoms with Gasteiger partial charge in [0.15, 0.2) is 11.2 Å². The lowest BCUT2D eigenvalue weighted by atomic mass is 9.91. The molecular formula is C42H40F4N4O6. The van der Waals surface area contributed by atoms with Crippen molar-refractivity contribution in [1.82, 2.24) is 20.2 Å². The van der Waals surface area contributed by atoms with E-state index in [1.807, 2.05) is 50.2 Å². The summed E-state index contributed by atoms with van der Waals surface area (Å²) in [5, 5.41) is 3.06. The van der Waals surface area contributed by atoms with E-state index < -0.39 is 25.2 Å². The average Bonchev–Trinajstić information content (AvgIpc) is 3.93. The zero-order chi connectivity index (χ0) is 39.1. The number of halogens is 4. The van der Waals surface area contributed by atoms with Gasteiger partial charge in [-0.2, -0.15) is 17.6 Å². The van der Waals surface area contributed by atoms with E-state index in [0.717, 1.165) is 53.6 Å². The monoisotopic (exact) mass is 772 g/mol. The largest absolute Gasteiger partial charge is 0.460 e. The fourth-order valence-corrected chi connectivity index (χ4v) is 7.71. The van der Waals surface area contributed by atoms with Crippen LogP contribution in [0.15, 0.2) is 69.5 Å². The number of ether oxygens (including phenoxy) is 3. The first-order valence-corrected chi connectivity index (χ1v) is 18.7. The molecule has 0 amide bonds. The van der Waals surface area contributed by atoms with Crippen LogP contribution < -0.4 is 14.8 Å². The molecule has 2 aliphatic heterocycles. The zero-order valence-corrected chi connectivity index (χ0v) is 31.0. The summed E-state index contributed by atoms with van der Waals surface area (Å²) in [4.78, 5) is 24.3. The van der Waals surface area contributed by atoms with E-state index in [0.29, 0.717) is 59.2 Å². The van der Waals surface area contributed by atoms with Crippen molar-refractivity contribution in [3.05, 3.63) is 82.9 Å². The van der Waals surface area contributed by atoms with Crippen LogP contribution >= 0.6 is 0 Å². The fraction of sp³-hybridized carbons (Fsp3) is 0.357. The number of rotatable bonds is 13. The molecule has 2 aliphatic rings. The SMILES string of the molecule is CCC1CCN1Cc1cc2nc(-c3cccc(-c4cccc(-c5nc6cc(COC(=O)[C@@H]7CCCN7)c(OC(F)F)cc6o5)c4C)c3C)oc2cc1OC(F)F. The predicted molar refractivity (Wildman–Crippen MR) is 201 cm³/mol. The van der Waals surface area contributed by atoms with Gasteiger partial charge in [-0.3, -0.25) is 9.69 Å². The minimum Gasteiger partial charge on any atom is -0.460 e. The van der Waals surface area contributed by atoms with Gasteiger partial charge in [0.1, 0.15) is 35.2 Å². The van der Waals surface area contributed by atoms with E-state index >= 15 is 0 Å². The molecule has 4 aromatic carbocycles. The molecule has 10 nitrogen and oxygen atoms in total. The minimum atomic E-state index is -3.10. The summed E-state index contributed by atoms with van der Waals surface area (Å²) < 4.78 is 81.2. The molecule has 8 rings (SSSR count). The summed E-state index contributed by atoms with van der Waals surface area (Å²) in [5.74, 6) is 0.0452. The number of carbonyl (C=O) groups excluding carboxylic acids is 1. The third-order valence-corrected chi connectivity index (χ3v) is 10.8. The molecule has 56 heavy (non-hydrogen) atoms. The lowest BCUT2D eigenvalue weighted by molar-refractivity contribution is -0.147. The second kappa shape index (κ2) is 15.6. The molecule has 2 saturated heterocycles. The Labute approximate surface area is 319 Å². The van der Waals surface area contributed by atoms with Crippen molar-refractivity contribution >= 4 is 28.2 Å². The molecule has 292 valence electrons. The average molecular weight is 773 g/mol. The Balaban J connectivity index is 1.10. The van der Waals surface area contributed by atoms with E-state index in [1.165, 1.54) is 18.2 Å². The number of alkyl halides is 4. The number of nitrogens with zero attached hydrogens (tertiary/aromatic N) is 3. The molecule has 2 fully saturated rings. The lowest BCUT2D eigenvalue weighted by Crippen LogP contribution is -2.46. The first kappa shape index (κ1) is 37.5. The van der Waals surface area contributed by atoms with Crippen LogP contribution in [-0.4, -0.2) is 59.2 Å². The molecule has 1 unspecified atom stereocenters. The van der Waals surface area contributed by atoms with Gasteiger partial charge in [0, 0.05) is 53.5 Å². The summed E-state index contributed by atoms with van der Waals surface area (Å²) in [6.07, 6.45) is 3.55. The second-order valence-electron chi connectivity index (χ2n) is 14.2. The highest BCUT2D eigenvalue weighted by atomic mass is 19.3. The quantitative estimate of drug-likeness (QED) is 0.0900. The van der Waals surface area contributed by atoms with Gasteiger partial charge in [-0.25, -0.2) is 9.97 Å². The predicted octanol–water partition coefficient (Wildman–Crippen LogP) is 9.57. The summed E-state index contributed by atoms with van der Waals surface area (Å²) in [6.45, 7) is 1.72. The van der Waals surface area contributed by atoms with E-state index in [2.05, 4.69) is 17.1 Å². The number of fused-ring (bicyclic) bond motifs is 2. The molecule has 14 heteroatoms. The van der Waals surface area contributed by atoms with Crippen LogP contribution in [0, 0.1) is 13.8 Å². The van der Waals surface area contributed by atoms with Crippen molar-refractivity contribution < 1.29 is 45.4 Å². The van der Waals surface area contributed by atoms with Crippen LogP contribution in [0.3, 0.4) is 0 Å². The number of oxazole rings is 2. The number of benzene rings is 4. The van der Waals surface area contributed by atoms with Crippen molar-refractivity contribution in [2.24, 2.45) is 0 Å². The normalized spacial score (nSPS) is 17.3. The number of aromatic nitrogens is 2. The van der Waals surface area contributed by atoms with E-state index in [4.69, 9.17) is 33.0 Å². The van der Waals surface area contributed by atoms with Crippen molar-refractivity contribution in [2.45, 2.75) is 84.9 Å². The first-order valence-electron chi connectivity index (χ1n) is 18.7. The first-order chi connectivity index (χ1) is 27.1. The second-order valence-corrected chi connectivity index (χ2v) is 14.2. The molecule has 0 aliphatic carbocycles. The molecule has 0 saturated carbocycles. The Morgan fingerprint density at radius 3 is 1.88 bits per heavy atom. The van der Waals surface area contributed by atoms with Crippen LogP contribution in [0.5, 0.6) is 11.5 Å². The van der Waals surface area contributed by atoms with Crippen LogP contribution in [0.25, 0.3) is 56.2 Å². The van der Waals surface area contributed by atoms with Gasteiger partial charge in [-0.05, 0) is 92.6 Å². The molecule has 0 spiro atoms. The third-order valence-electron chi connectivity index (χ3n) is 10.8. The maximum absolute atomic E-state index is 13.5. The van der Waals surface area contributed by atoms with Crippen LogP contribution in [0.1, 0.15) is 54.9 Å². The Hall–Kier alpha value is -5.47. The summed E-state index contributed by atoms with van der Waals surface area (Å²) in [6, 6.07) is 17.6. The fourth-order valence-electron chi connectivity index (χ4n) is 7.71. The third kappa shape index (κ3) is 7.42. The van der Waals surface area contributed by atoms with Gasteiger partial charge in [0.2, 0.25) is 11.8 Å². The maximum atomic E-state index is 13.5. The summed E-state index contributed by atoms with van der Waals surface area (Å²) in [5.41, 5.74) is 7.22. The van der Waals surface area contributed by atoms with Crippen molar-refractivity contribution in [1.29, 1.82) is 0 Å². The van der Waals surface area contributed by atoms with Crippen molar-refractivity contribution in [2.75, 3.05) is 13.1 Å². The lowest BCUT2D eigenvalue weighted by Gasteiger charge is -2.40. The molecule has 2 atom stereocenters. The van der Waals surface area contributed by atoms with Gasteiger partial charge in [-0.1, -0.05) is 31.2 Å². The molecule has 0 radical (unpaired) electrons. The maximum Gasteiger partial charge on any atom is 0.387 e. The van der Waals surface area contributed by atoms with Gasteiger partial charge in [0.25, 0.3) is 0 Å². The number of hydrogen-bond donors (Lipinski definition) is 1. The van der Waals surface area contributed by atoms with E-state index in [1.54, 1.807) is 6.07 Å². The topological polar surface area (TPSA) is 112 Å². The van der Waals surface area contributed by atoms with Gasteiger partial charge in [-0.15, -0.1) is 0 Å². The molecule has 0 bridgehead atoms. The van der Waals surface area contributed by atoms with Crippen molar-refractivity contribution in [3.8, 4) is 45.5 Å².